The van der Waals surface area contributed by atoms with E-state index in [0.717, 1.165) is 33.3 Å². The van der Waals surface area contributed by atoms with Gasteiger partial charge in [0.2, 0.25) is 0 Å². The zero-order valence-corrected chi connectivity index (χ0v) is 27.9. The van der Waals surface area contributed by atoms with Crippen LogP contribution >= 0.6 is 0 Å². The Kier molecular flexibility index (Phi) is 6.50. The van der Waals surface area contributed by atoms with Crippen LogP contribution in [-0.4, -0.2) is 16.6 Å². The van der Waals surface area contributed by atoms with Gasteiger partial charge in [0, 0.05) is 55.7 Å². The number of aromatic nitrogens is 2. The van der Waals surface area contributed by atoms with E-state index in [2.05, 4.69) is 142 Å². The molecule has 5 nitrogen and oxygen atoms in total. The third kappa shape index (κ3) is 4.20. The molecule has 224 valence electrons. The summed E-state index contributed by atoms with van der Waals surface area (Å²) in [5.74, 6) is 2.17. The number of fused-ring (bicyclic) bond motifs is 5. The maximum atomic E-state index is 6.51. The Morgan fingerprint density at radius 1 is 0.841 bits per heavy atom. The molecule has 0 saturated carbocycles. The zero-order valence-electron chi connectivity index (χ0n) is 25.7. The van der Waals surface area contributed by atoms with Crippen LogP contribution in [0.3, 0.4) is 0 Å². The van der Waals surface area contributed by atoms with Gasteiger partial charge in [-0.1, -0.05) is 76.2 Å². The molecule has 44 heavy (non-hydrogen) atoms. The fourth-order valence-electron chi connectivity index (χ4n) is 6.70. The average Bonchev–Trinajstić information content (AvgIpc) is 3.50. The summed E-state index contributed by atoms with van der Waals surface area (Å²) >= 11 is 0. The Morgan fingerprint density at radius 3 is 2.43 bits per heavy atom. The van der Waals surface area contributed by atoms with Gasteiger partial charge in [0.1, 0.15) is 5.82 Å². The Labute approximate surface area is 273 Å². The number of rotatable bonds is 3. The maximum Gasteiger partial charge on any atom is 0.135 e. The van der Waals surface area contributed by atoms with Gasteiger partial charge in [0.25, 0.3) is 0 Å². The van der Waals surface area contributed by atoms with Crippen molar-refractivity contribution in [3.8, 4) is 17.3 Å². The van der Waals surface area contributed by atoms with E-state index in [0.29, 0.717) is 11.5 Å². The Morgan fingerprint density at radius 2 is 1.61 bits per heavy atom. The first kappa shape index (κ1) is 28.7. The molecule has 0 amide bonds. The van der Waals surface area contributed by atoms with Crippen LogP contribution in [0, 0.1) is 18.8 Å². The average molecular weight is 757 g/mol. The molecule has 0 spiro atoms. The molecule has 0 aliphatic carbocycles. The fourth-order valence-corrected chi connectivity index (χ4v) is 6.70. The topological polar surface area (TPSA) is 33.5 Å². The van der Waals surface area contributed by atoms with E-state index in [1.54, 1.807) is 0 Å². The molecule has 0 atom stereocenters. The third-order valence-corrected chi connectivity index (χ3v) is 9.03. The van der Waals surface area contributed by atoms with E-state index in [1.165, 1.54) is 28.1 Å². The van der Waals surface area contributed by atoms with E-state index in [4.69, 9.17) is 9.72 Å². The number of hydrogen-bond donors (Lipinski definition) is 0. The minimum absolute atomic E-state index is 0. The number of benzene rings is 4. The van der Waals surface area contributed by atoms with Crippen LogP contribution < -0.4 is 14.5 Å². The van der Waals surface area contributed by atoms with Crippen LogP contribution in [0.25, 0.3) is 27.6 Å². The second kappa shape index (κ2) is 9.97. The molecule has 4 heterocycles. The number of ether oxygens (including phenoxy) is 1. The Bertz CT molecular complexity index is 2090. The number of nitrogens with zero attached hydrogens (tertiary/aromatic N) is 4. The molecule has 2 aromatic heterocycles. The fraction of sp³-hybridized carbons (Fsp3) is 0.211. The van der Waals surface area contributed by atoms with Crippen molar-refractivity contribution in [2.75, 3.05) is 16.8 Å². The van der Waals surface area contributed by atoms with E-state index in [9.17, 15) is 0 Å². The first-order valence-corrected chi connectivity index (χ1v) is 14.8. The quantitative estimate of drug-likeness (QED) is 0.169. The SMILES string of the molecule is CN1[CH-]N2c3[c-]c(Oc4[c-]c5c(cc4)c4ccccc4n5-c4cc(C(C)(C)C)ccn4)ccc3C(C)(C)c3cccc1c32.[Pt]. The van der Waals surface area contributed by atoms with Gasteiger partial charge in [-0.2, -0.15) is 18.8 Å². The molecule has 2 aliphatic rings. The van der Waals surface area contributed by atoms with Gasteiger partial charge >= 0.3 is 0 Å². The molecule has 4 aromatic carbocycles. The largest absolute Gasteiger partial charge is 0.509 e. The summed E-state index contributed by atoms with van der Waals surface area (Å²) in [6.45, 7) is 13.4. The third-order valence-electron chi connectivity index (χ3n) is 9.03. The van der Waals surface area contributed by atoms with E-state index < -0.39 is 0 Å². The zero-order chi connectivity index (χ0) is 29.7. The molecule has 0 bridgehead atoms. The van der Waals surface area contributed by atoms with Gasteiger partial charge in [0.05, 0.1) is 0 Å². The first-order chi connectivity index (χ1) is 20.6. The second-order valence-electron chi connectivity index (χ2n) is 13.2. The van der Waals surface area contributed by atoms with E-state index in [-0.39, 0.29) is 31.9 Å². The van der Waals surface area contributed by atoms with Gasteiger partial charge < -0.3 is 19.1 Å². The van der Waals surface area contributed by atoms with Crippen LogP contribution in [0.2, 0.25) is 0 Å². The first-order valence-electron chi connectivity index (χ1n) is 14.8. The summed E-state index contributed by atoms with van der Waals surface area (Å²) in [5.41, 5.74) is 9.09. The standard InChI is InChI=1S/C38H33N4O.Pt/c1-37(2,3)24-18-19-39-35(20-24)42-31-12-8-7-10-27(31)28-16-14-25(21-33(28)42)43-26-15-17-29-34(22-26)41-23-40(6)32-13-9-11-30(36(32)41)38(29,4)5;/h7-20,23H,1-6H3;/q-3;. The summed E-state index contributed by atoms with van der Waals surface area (Å²) < 4.78 is 8.71. The van der Waals surface area contributed by atoms with E-state index in [1.807, 2.05) is 18.3 Å². The molecule has 6 heteroatoms. The number of anilines is 3. The molecular formula is C38H33N4OPt-3. The van der Waals surface area contributed by atoms with Gasteiger partial charge in [0.15, 0.2) is 0 Å². The van der Waals surface area contributed by atoms with Crippen LogP contribution in [0.4, 0.5) is 17.1 Å². The Hall–Kier alpha value is -4.08. The van der Waals surface area contributed by atoms with Gasteiger partial charge in [-0.3, -0.25) is 0 Å². The minimum Gasteiger partial charge on any atom is -0.509 e. The molecular weight excluding hydrogens is 724 g/mol. The van der Waals surface area contributed by atoms with Crippen molar-refractivity contribution in [2.24, 2.45) is 0 Å². The van der Waals surface area contributed by atoms with Crippen molar-refractivity contribution in [3.05, 3.63) is 121 Å². The number of hydrogen-bond acceptors (Lipinski definition) is 4. The van der Waals surface area contributed by atoms with E-state index >= 15 is 0 Å². The normalized spacial score (nSPS) is 14.9. The Balaban J connectivity index is 0.00000312. The van der Waals surface area contributed by atoms with Crippen LogP contribution in [0.1, 0.15) is 51.3 Å². The van der Waals surface area contributed by atoms with Crippen molar-refractivity contribution in [1.29, 1.82) is 0 Å². The summed E-state index contributed by atoms with van der Waals surface area (Å²) in [4.78, 5) is 9.22. The predicted octanol–water partition coefficient (Wildman–Crippen LogP) is 9.21. The molecule has 0 fully saturated rings. The molecule has 0 N–H and O–H groups in total. The number of para-hydroxylation sites is 2. The van der Waals surface area contributed by atoms with Crippen molar-refractivity contribution in [3.63, 3.8) is 0 Å². The summed E-state index contributed by atoms with van der Waals surface area (Å²) in [5, 5.41) is 2.27. The van der Waals surface area contributed by atoms with Crippen molar-refractivity contribution in [1.82, 2.24) is 9.55 Å². The van der Waals surface area contributed by atoms with Crippen molar-refractivity contribution < 1.29 is 25.8 Å². The molecule has 2 aliphatic heterocycles. The van der Waals surface area contributed by atoms with Gasteiger partial charge in [-0.25, -0.2) is 4.98 Å². The minimum atomic E-state index is -0.161. The molecule has 6 aromatic rings. The van der Waals surface area contributed by atoms with Gasteiger partial charge in [-0.05, 0) is 58.7 Å². The summed E-state index contributed by atoms with van der Waals surface area (Å²) in [6.07, 6.45) is 1.90. The summed E-state index contributed by atoms with van der Waals surface area (Å²) in [6, 6.07) is 34.8. The monoisotopic (exact) mass is 756 g/mol. The van der Waals surface area contributed by atoms with Crippen molar-refractivity contribution in [2.45, 2.75) is 45.4 Å². The molecule has 8 rings (SSSR count). The van der Waals surface area contributed by atoms with Crippen LogP contribution in [0.5, 0.6) is 11.5 Å². The van der Waals surface area contributed by atoms with Crippen LogP contribution in [-0.2, 0) is 31.9 Å². The molecule has 0 unspecified atom stereocenters. The maximum absolute atomic E-state index is 6.51. The number of pyridine rings is 1. The second-order valence-corrected chi connectivity index (χ2v) is 13.2. The molecule has 0 radical (unpaired) electrons. The summed E-state index contributed by atoms with van der Waals surface area (Å²) in [7, 11) is 2.09. The predicted molar refractivity (Wildman–Crippen MR) is 175 cm³/mol. The smallest absolute Gasteiger partial charge is 0.135 e. The van der Waals surface area contributed by atoms with Gasteiger partial charge in [-0.15, -0.1) is 35.2 Å². The molecule has 0 saturated heterocycles. The van der Waals surface area contributed by atoms with Crippen molar-refractivity contribution >= 4 is 38.9 Å². The van der Waals surface area contributed by atoms with Crippen LogP contribution in [0.15, 0.2) is 85.1 Å².